The van der Waals surface area contributed by atoms with Gasteiger partial charge in [-0.3, -0.25) is 4.90 Å². The van der Waals surface area contributed by atoms with Crippen molar-refractivity contribution < 1.29 is 4.74 Å². The molecule has 1 saturated heterocycles. The molecule has 0 saturated carbocycles. The molecule has 0 unspecified atom stereocenters. The summed E-state index contributed by atoms with van der Waals surface area (Å²) in [5.74, 6) is 1.42. The zero-order valence-electron chi connectivity index (χ0n) is 12.5. The summed E-state index contributed by atoms with van der Waals surface area (Å²) in [5.41, 5.74) is 2.10. The number of rotatable bonds is 4. The Morgan fingerprint density at radius 1 is 1.00 bits per heavy atom. The van der Waals surface area contributed by atoms with Gasteiger partial charge in [-0.2, -0.15) is 5.10 Å². The second-order valence-electron chi connectivity index (χ2n) is 5.56. The summed E-state index contributed by atoms with van der Waals surface area (Å²) < 4.78 is 5.91. The molecule has 0 atom stereocenters. The lowest BCUT2D eigenvalue weighted by Crippen LogP contribution is -2.29. The summed E-state index contributed by atoms with van der Waals surface area (Å²) >= 11 is 0. The number of nitrogens with zero attached hydrogens (tertiary/aromatic N) is 3. The molecule has 0 radical (unpaired) electrons. The van der Waals surface area contributed by atoms with Crippen LogP contribution in [-0.2, 0) is 6.54 Å². The van der Waals surface area contributed by atoms with Crippen molar-refractivity contribution >= 4 is 0 Å². The largest absolute Gasteiger partial charge is 0.437 e. The molecule has 4 heteroatoms. The molecular weight excluding hydrogens is 262 g/mol. The molecule has 1 aromatic carbocycles. The van der Waals surface area contributed by atoms with Gasteiger partial charge in [0.1, 0.15) is 5.75 Å². The quantitative estimate of drug-likeness (QED) is 0.860. The molecule has 1 aromatic heterocycles. The van der Waals surface area contributed by atoms with E-state index in [0.717, 1.165) is 18.0 Å². The van der Waals surface area contributed by atoms with Crippen LogP contribution in [0.1, 0.15) is 30.5 Å². The fourth-order valence-electron chi connectivity index (χ4n) is 2.65. The summed E-state index contributed by atoms with van der Waals surface area (Å²) in [4.78, 5) is 2.49. The maximum absolute atomic E-state index is 5.91. The molecule has 2 aromatic rings. The molecule has 1 fully saturated rings. The summed E-state index contributed by atoms with van der Waals surface area (Å²) in [6.07, 6.45) is 3.95. The second kappa shape index (κ2) is 6.68. The van der Waals surface area contributed by atoms with Gasteiger partial charge >= 0.3 is 0 Å². The fourth-order valence-corrected chi connectivity index (χ4v) is 2.65. The van der Waals surface area contributed by atoms with Crippen molar-refractivity contribution in [2.45, 2.75) is 32.7 Å². The number of aromatic nitrogens is 2. The van der Waals surface area contributed by atoms with Crippen LogP contribution in [0.3, 0.4) is 0 Å². The highest BCUT2D eigenvalue weighted by atomic mass is 16.5. The molecule has 21 heavy (non-hydrogen) atoms. The monoisotopic (exact) mass is 283 g/mol. The van der Waals surface area contributed by atoms with Crippen LogP contribution in [0, 0.1) is 6.92 Å². The predicted octanol–water partition coefficient (Wildman–Crippen LogP) is 3.56. The third kappa shape index (κ3) is 3.79. The van der Waals surface area contributed by atoms with E-state index in [9.17, 15) is 0 Å². The van der Waals surface area contributed by atoms with E-state index in [1.165, 1.54) is 37.9 Å². The van der Waals surface area contributed by atoms with Crippen LogP contribution < -0.4 is 4.74 Å². The Hall–Kier alpha value is -1.94. The van der Waals surface area contributed by atoms with Crippen LogP contribution in [0.15, 0.2) is 36.4 Å². The van der Waals surface area contributed by atoms with Crippen molar-refractivity contribution in [3.8, 4) is 11.6 Å². The molecule has 2 heterocycles. The predicted molar refractivity (Wildman–Crippen MR) is 82.4 cm³/mol. The number of hydrogen-bond donors (Lipinski definition) is 0. The van der Waals surface area contributed by atoms with Crippen LogP contribution in [0.2, 0.25) is 0 Å². The molecule has 3 rings (SSSR count). The third-order valence-electron chi connectivity index (χ3n) is 3.80. The van der Waals surface area contributed by atoms with Crippen LogP contribution >= 0.6 is 0 Å². The minimum Gasteiger partial charge on any atom is -0.437 e. The highest BCUT2D eigenvalue weighted by molar-refractivity contribution is 5.36. The molecule has 110 valence electrons. The summed E-state index contributed by atoms with van der Waals surface area (Å²) in [7, 11) is 0. The minimum absolute atomic E-state index is 0.548. The SMILES string of the molecule is Cc1ccc(Oc2ccccc2CN2CCCCC2)nn1. The van der Waals surface area contributed by atoms with E-state index >= 15 is 0 Å². The van der Waals surface area contributed by atoms with Crippen molar-refractivity contribution in [2.75, 3.05) is 13.1 Å². The van der Waals surface area contributed by atoms with Crippen molar-refractivity contribution in [1.82, 2.24) is 15.1 Å². The molecule has 1 aliphatic rings. The first-order valence-electron chi connectivity index (χ1n) is 7.60. The Balaban J connectivity index is 1.73. The molecular formula is C17H21N3O. The van der Waals surface area contributed by atoms with Gasteiger partial charge in [0.2, 0.25) is 5.88 Å². The minimum atomic E-state index is 0.548. The number of piperidine rings is 1. The highest BCUT2D eigenvalue weighted by Crippen LogP contribution is 2.25. The van der Waals surface area contributed by atoms with Gasteiger partial charge in [-0.25, -0.2) is 0 Å². The van der Waals surface area contributed by atoms with Crippen LogP contribution in [0.25, 0.3) is 0 Å². The van der Waals surface area contributed by atoms with Gasteiger partial charge in [-0.15, -0.1) is 5.10 Å². The van der Waals surface area contributed by atoms with E-state index in [0.29, 0.717) is 5.88 Å². The van der Waals surface area contributed by atoms with E-state index in [1.807, 2.05) is 31.2 Å². The van der Waals surface area contributed by atoms with E-state index < -0.39 is 0 Å². The number of para-hydroxylation sites is 1. The Labute approximate surface area is 125 Å². The lowest BCUT2D eigenvalue weighted by atomic mass is 10.1. The molecule has 0 aliphatic carbocycles. The third-order valence-corrected chi connectivity index (χ3v) is 3.80. The number of aryl methyl sites for hydroxylation is 1. The van der Waals surface area contributed by atoms with Gasteiger partial charge in [0.25, 0.3) is 0 Å². The van der Waals surface area contributed by atoms with Crippen molar-refractivity contribution in [1.29, 1.82) is 0 Å². The smallest absolute Gasteiger partial charge is 0.238 e. The van der Waals surface area contributed by atoms with Gasteiger partial charge < -0.3 is 4.74 Å². The van der Waals surface area contributed by atoms with E-state index in [4.69, 9.17) is 4.74 Å². The lowest BCUT2D eigenvalue weighted by molar-refractivity contribution is 0.219. The first-order chi connectivity index (χ1) is 10.3. The normalized spacial score (nSPS) is 15.9. The summed E-state index contributed by atoms with van der Waals surface area (Å²) in [5, 5.41) is 8.11. The van der Waals surface area contributed by atoms with Crippen LogP contribution in [-0.4, -0.2) is 28.2 Å². The number of benzene rings is 1. The van der Waals surface area contributed by atoms with Crippen molar-refractivity contribution in [3.63, 3.8) is 0 Å². The Morgan fingerprint density at radius 2 is 1.81 bits per heavy atom. The van der Waals surface area contributed by atoms with Gasteiger partial charge in [-0.1, -0.05) is 24.6 Å². The molecule has 0 bridgehead atoms. The first kappa shape index (κ1) is 14.0. The molecule has 1 aliphatic heterocycles. The van der Waals surface area contributed by atoms with Crippen molar-refractivity contribution in [3.05, 3.63) is 47.7 Å². The average molecular weight is 283 g/mol. The van der Waals surface area contributed by atoms with E-state index in [1.54, 1.807) is 0 Å². The highest BCUT2D eigenvalue weighted by Gasteiger charge is 2.13. The van der Waals surface area contributed by atoms with Crippen LogP contribution in [0.5, 0.6) is 11.6 Å². The zero-order chi connectivity index (χ0) is 14.5. The second-order valence-corrected chi connectivity index (χ2v) is 5.56. The maximum atomic E-state index is 5.91. The van der Waals surface area contributed by atoms with Gasteiger partial charge in [0.05, 0.1) is 5.69 Å². The molecule has 0 spiro atoms. The van der Waals surface area contributed by atoms with E-state index in [-0.39, 0.29) is 0 Å². The van der Waals surface area contributed by atoms with Gasteiger partial charge in [-0.05, 0) is 45.0 Å². The number of likely N-dealkylation sites (tertiary alicyclic amines) is 1. The maximum Gasteiger partial charge on any atom is 0.238 e. The topological polar surface area (TPSA) is 38.2 Å². The van der Waals surface area contributed by atoms with Gasteiger partial charge in [0, 0.05) is 18.2 Å². The number of hydrogen-bond acceptors (Lipinski definition) is 4. The Kier molecular flexibility index (Phi) is 4.46. The molecule has 0 N–H and O–H groups in total. The van der Waals surface area contributed by atoms with Gasteiger partial charge in [0.15, 0.2) is 0 Å². The summed E-state index contributed by atoms with van der Waals surface area (Å²) in [6.45, 7) is 5.22. The fraction of sp³-hybridized carbons (Fsp3) is 0.412. The summed E-state index contributed by atoms with van der Waals surface area (Å²) in [6, 6.07) is 12.0. The molecule has 4 nitrogen and oxygen atoms in total. The van der Waals surface area contributed by atoms with Crippen molar-refractivity contribution in [2.24, 2.45) is 0 Å². The first-order valence-corrected chi connectivity index (χ1v) is 7.60. The Bertz CT molecular complexity index is 577. The van der Waals surface area contributed by atoms with E-state index in [2.05, 4.69) is 27.2 Å². The lowest BCUT2D eigenvalue weighted by Gasteiger charge is -2.27. The number of ether oxygens (including phenoxy) is 1. The standard InChI is InChI=1S/C17H21N3O/c1-14-9-10-17(19-18-14)21-16-8-4-3-7-15(16)13-20-11-5-2-6-12-20/h3-4,7-10H,2,5-6,11-13H2,1H3. The Morgan fingerprint density at radius 3 is 2.57 bits per heavy atom. The average Bonchev–Trinajstić information content (AvgIpc) is 2.52. The molecule has 0 amide bonds. The zero-order valence-corrected chi connectivity index (χ0v) is 12.5. The van der Waals surface area contributed by atoms with Crippen LogP contribution in [0.4, 0.5) is 0 Å².